The fraction of sp³-hybridized carbons (Fsp3) is 0.364. The molecule has 5 rings (SSSR count). The SMILES string of the molecule is COc1cc(C)c(C=C(CNC(=O)OCC2c3ccccc3-c3ccccc32)B2OC(C)(C)C(C)(C)O2)c(C)c1. The molecule has 1 amide bonds. The summed E-state index contributed by atoms with van der Waals surface area (Å²) in [6.07, 6.45) is 1.57. The number of ether oxygens (including phenoxy) is 2. The van der Waals surface area contributed by atoms with E-state index in [2.05, 4.69) is 35.7 Å². The van der Waals surface area contributed by atoms with E-state index in [-0.39, 0.29) is 19.1 Å². The number of aryl methyl sites for hydroxylation is 2. The number of carbonyl (C=O) groups excluding carboxylic acids is 1. The van der Waals surface area contributed by atoms with Gasteiger partial charge in [-0.25, -0.2) is 4.79 Å². The van der Waals surface area contributed by atoms with Gasteiger partial charge in [-0.3, -0.25) is 0 Å². The van der Waals surface area contributed by atoms with Gasteiger partial charge < -0.3 is 24.1 Å². The Balaban J connectivity index is 1.34. The minimum absolute atomic E-state index is 0.000794. The van der Waals surface area contributed by atoms with Crippen LogP contribution in [0.3, 0.4) is 0 Å². The molecular weight excluding hydrogens is 501 g/mol. The van der Waals surface area contributed by atoms with Gasteiger partial charge in [0.1, 0.15) is 12.4 Å². The molecule has 0 bridgehead atoms. The van der Waals surface area contributed by atoms with Crippen molar-refractivity contribution in [1.82, 2.24) is 5.32 Å². The number of carbonyl (C=O) groups is 1. The number of rotatable bonds is 7. The van der Waals surface area contributed by atoms with Gasteiger partial charge in [-0.2, -0.15) is 0 Å². The minimum atomic E-state index is -0.611. The fourth-order valence-corrected chi connectivity index (χ4v) is 5.49. The number of benzene rings is 3. The molecule has 6 nitrogen and oxygen atoms in total. The number of amides is 1. The second-order valence-electron chi connectivity index (χ2n) is 11.7. The first-order valence-corrected chi connectivity index (χ1v) is 13.8. The lowest BCUT2D eigenvalue weighted by molar-refractivity contribution is 0.00578. The predicted octanol–water partition coefficient (Wildman–Crippen LogP) is 6.87. The van der Waals surface area contributed by atoms with Crippen LogP contribution in [-0.4, -0.2) is 44.7 Å². The first-order chi connectivity index (χ1) is 19.0. The van der Waals surface area contributed by atoms with Crippen molar-refractivity contribution in [3.05, 3.63) is 94.0 Å². The van der Waals surface area contributed by atoms with Crippen LogP contribution in [0.2, 0.25) is 0 Å². The van der Waals surface area contributed by atoms with Crippen LogP contribution in [0, 0.1) is 13.8 Å². The summed E-state index contributed by atoms with van der Waals surface area (Å²) in [7, 11) is 1.05. The lowest BCUT2D eigenvalue weighted by Crippen LogP contribution is -2.41. The van der Waals surface area contributed by atoms with E-state index < -0.39 is 24.4 Å². The first kappa shape index (κ1) is 28.0. The van der Waals surface area contributed by atoms with Crippen LogP contribution in [0.1, 0.15) is 61.4 Å². The van der Waals surface area contributed by atoms with Crippen molar-refractivity contribution in [2.24, 2.45) is 0 Å². The van der Waals surface area contributed by atoms with Crippen molar-refractivity contribution in [3.8, 4) is 16.9 Å². The van der Waals surface area contributed by atoms with Gasteiger partial charge in [-0.1, -0.05) is 54.6 Å². The molecule has 0 unspecified atom stereocenters. The molecule has 1 fully saturated rings. The number of hydrogen-bond donors (Lipinski definition) is 1. The molecule has 7 heteroatoms. The molecule has 2 aliphatic rings. The molecule has 1 aliphatic carbocycles. The molecule has 0 aromatic heterocycles. The summed E-state index contributed by atoms with van der Waals surface area (Å²) >= 11 is 0. The highest BCUT2D eigenvalue weighted by molar-refractivity contribution is 6.56. The third-order valence-corrected chi connectivity index (χ3v) is 8.47. The Hall–Kier alpha value is -3.55. The van der Waals surface area contributed by atoms with Crippen LogP contribution >= 0.6 is 0 Å². The highest BCUT2D eigenvalue weighted by Crippen LogP contribution is 2.44. The summed E-state index contributed by atoms with van der Waals surface area (Å²) in [5.41, 5.74) is 7.71. The van der Waals surface area contributed by atoms with Crippen molar-refractivity contribution in [2.75, 3.05) is 20.3 Å². The maximum absolute atomic E-state index is 13.0. The second kappa shape index (κ2) is 10.8. The van der Waals surface area contributed by atoms with Gasteiger partial charge in [0.15, 0.2) is 0 Å². The van der Waals surface area contributed by atoms with Crippen LogP contribution in [0.5, 0.6) is 5.75 Å². The molecule has 0 saturated carbocycles. The summed E-state index contributed by atoms with van der Waals surface area (Å²) in [6.45, 7) is 12.6. The van der Waals surface area contributed by atoms with E-state index in [4.69, 9.17) is 18.8 Å². The van der Waals surface area contributed by atoms with Gasteiger partial charge in [0.2, 0.25) is 0 Å². The predicted molar refractivity (Wildman–Crippen MR) is 160 cm³/mol. The van der Waals surface area contributed by atoms with Gasteiger partial charge in [0.05, 0.1) is 18.3 Å². The number of nitrogens with one attached hydrogen (secondary N) is 1. The molecule has 1 aliphatic heterocycles. The third-order valence-electron chi connectivity index (χ3n) is 8.47. The molecular formula is C33H38BNO5. The Morgan fingerprint density at radius 3 is 1.98 bits per heavy atom. The van der Waals surface area contributed by atoms with Gasteiger partial charge in [-0.15, -0.1) is 0 Å². The van der Waals surface area contributed by atoms with E-state index in [1.165, 1.54) is 22.3 Å². The average Bonchev–Trinajstić information content (AvgIpc) is 3.35. The Morgan fingerprint density at radius 2 is 1.45 bits per heavy atom. The van der Waals surface area contributed by atoms with E-state index in [0.717, 1.165) is 27.9 Å². The number of hydrogen-bond acceptors (Lipinski definition) is 5. The van der Waals surface area contributed by atoms with Crippen LogP contribution in [0.4, 0.5) is 4.79 Å². The molecule has 0 atom stereocenters. The Kier molecular flexibility index (Phi) is 7.55. The number of methoxy groups -OCH3 is 1. The molecule has 0 radical (unpaired) electrons. The van der Waals surface area contributed by atoms with Crippen molar-refractivity contribution >= 4 is 19.3 Å². The van der Waals surface area contributed by atoms with Crippen molar-refractivity contribution in [3.63, 3.8) is 0 Å². The van der Waals surface area contributed by atoms with Crippen LogP contribution in [0.15, 0.2) is 66.1 Å². The molecule has 40 heavy (non-hydrogen) atoms. The van der Waals surface area contributed by atoms with Crippen molar-refractivity contribution < 1.29 is 23.6 Å². The van der Waals surface area contributed by atoms with Gasteiger partial charge >= 0.3 is 13.2 Å². The summed E-state index contributed by atoms with van der Waals surface area (Å²) in [4.78, 5) is 13.0. The molecule has 0 spiro atoms. The average molecular weight is 539 g/mol. The minimum Gasteiger partial charge on any atom is -0.497 e. The van der Waals surface area contributed by atoms with E-state index in [9.17, 15) is 4.79 Å². The normalized spacial score (nSPS) is 17.4. The molecule has 1 heterocycles. The third kappa shape index (κ3) is 5.28. The zero-order chi connectivity index (χ0) is 28.7. The summed E-state index contributed by atoms with van der Waals surface area (Å²) in [6, 6.07) is 20.6. The monoisotopic (exact) mass is 539 g/mol. The topological polar surface area (TPSA) is 66.0 Å². The van der Waals surface area contributed by atoms with Crippen molar-refractivity contribution in [1.29, 1.82) is 0 Å². The van der Waals surface area contributed by atoms with Crippen LogP contribution < -0.4 is 10.1 Å². The van der Waals surface area contributed by atoms with Gasteiger partial charge in [0.25, 0.3) is 0 Å². The van der Waals surface area contributed by atoms with E-state index in [1.807, 2.05) is 77.9 Å². The summed E-state index contributed by atoms with van der Waals surface area (Å²) in [5.74, 6) is 0.807. The van der Waals surface area contributed by atoms with E-state index in [1.54, 1.807) is 7.11 Å². The Labute approximate surface area is 237 Å². The number of alkyl carbamates (subject to hydrolysis) is 1. The standard InChI is InChI=1S/C33H38BNO5/c1-21-16-24(37-7)17-22(2)29(21)18-23(34-39-32(3,4)33(5,6)40-34)19-35-31(36)38-20-30-27-14-10-8-12-25(27)26-13-9-11-15-28(26)30/h8-18,30H,19-20H2,1-7H3,(H,35,36). The smallest absolute Gasteiger partial charge is 0.492 e. The zero-order valence-electron chi connectivity index (χ0n) is 24.5. The Bertz CT molecular complexity index is 1380. The maximum atomic E-state index is 13.0. The molecule has 208 valence electrons. The second-order valence-corrected chi connectivity index (χ2v) is 11.7. The maximum Gasteiger partial charge on any atom is 0.492 e. The van der Waals surface area contributed by atoms with Gasteiger partial charge in [-0.05, 0) is 98.1 Å². The quantitative estimate of drug-likeness (QED) is 0.332. The summed E-state index contributed by atoms with van der Waals surface area (Å²) in [5, 5.41) is 2.95. The largest absolute Gasteiger partial charge is 0.497 e. The van der Waals surface area contributed by atoms with E-state index in [0.29, 0.717) is 0 Å². The summed E-state index contributed by atoms with van der Waals surface area (Å²) < 4.78 is 24.0. The van der Waals surface area contributed by atoms with Gasteiger partial charge in [0, 0.05) is 12.5 Å². The highest BCUT2D eigenvalue weighted by atomic mass is 16.7. The molecule has 3 aromatic carbocycles. The molecule has 1 N–H and O–H groups in total. The Morgan fingerprint density at radius 1 is 0.925 bits per heavy atom. The fourth-order valence-electron chi connectivity index (χ4n) is 5.49. The number of fused-ring (bicyclic) bond motifs is 3. The van der Waals surface area contributed by atoms with E-state index >= 15 is 0 Å². The molecule has 1 saturated heterocycles. The first-order valence-electron chi connectivity index (χ1n) is 13.8. The van der Waals surface area contributed by atoms with Crippen molar-refractivity contribution in [2.45, 2.75) is 58.7 Å². The van der Waals surface area contributed by atoms with Crippen LogP contribution in [-0.2, 0) is 14.0 Å². The highest BCUT2D eigenvalue weighted by Gasteiger charge is 2.52. The zero-order valence-corrected chi connectivity index (χ0v) is 24.5. The van der Waals surface area contributed by atoms with Crippen LogP contribution in [0.25, 0.3) is 17.2 Å². The molecule has 3 aromatic rings. The lowest BCUT2D eigenvalue weighted by Gasteiger charge is -2.32. The lowest BCUT2D eigenvalue weighted by atomic mass is 9.76.